The molecular weight excluding hydrogens is 1370 g/mol. The number of pyridine rings is 4. The van der Waals surface area contributed by atoms with Crippen molar-refractivity contribution in [2.75, 3.05) is 10.7 Å². The number of alkyl halides is 4. The van der Waals surface area contributed by atoms with Crippen molar-refractivity contribution in [3.05, 3.63) is 215 Å². The van der Waals surface area contributed by atoms with E-state index < -0.39 is 0 Å². The summed E-state index contributed by atoms with van der Waals surface area (Å²) in [4.78, 5) is 59.0. The van der Waals surface area contributed by atoms with Gasteiger partial charge in [0.25, 0.3) is 0 Å². The molecule has 0 N–H and O–H groups in total. The van der Waals surface area contributed by atoms with Crippen LogP contribution < -0.4 is 24.8 Å². The zero-order chi connectivity index (χ0) is 48.1. The van der Waals surface area contributed by atoms with Crippen LogP contribution in [0.3, 0.4) is 0 Å². The van der Waals surface area contributed by atoms with Gasteiger partial charge in [0.1, 0.15) is 25.1 Å². The SMILES string of the molecule is Cc1ccc(-c2[c-]cc(C=O)cc2)nc1.Cc1ccc(-c2[c-]cc(C=O)cc2)nc1.Cc1ccc(-c2[c-]cc(C=O)cc2)nc1.Cc1ccc(-c2[c-]cc(C=O)cc2)nc1.ClCCl.ClCCl.[Cl-].[Cl-].[Ir+3].[Ir+3]. The molecule has 70 heavy (non-hydrogen) atoms. The van der Waals surface area contributed by atoms with E-state index in [2.05, 4.69) is 44.2 Å². The molecule has 4 aromatic heterocycles. The number of benzene rings is 4. The Bertz CT molecular complexity index is 2280. The molecule has 0 aliphatic carbocycles. The number of aldehydes is 4. The summed E-state index contributed by atoms with van der Waals surface area (Å²) in [5.41, 5.74) is 14.1. The minimum absolute atomic E-state index is 0. The topological polar surface area (TPSA) is 120 Å². The van der Waals surface area contributed by atoms with Gasteiger partial charge >= 0.3 is 40.2 Å². The Labute approximate surface area is 470 Å². The molecule has 8 rings (SSSR count). The van der Waals surface area contributed by atoms with Gasteiger partial charge in [-0.15, -0.1) is 166 Å². The molecule has 0 aliphatic rings. The fourth-order valence-electron chi connectivity index (χ4n) is 5.19. The summed E-state index contributed by atoms with van der Waals surface area (Å²) in [5.74, 6) is 0. The summed E-state index contributed by atoms with van der Waals surface area (Å²) in [6.07, 6.45) is 10.5. The van der Waals surface area contributed by atoms with E-state index in [0.717, 1.165) is 92.4 Å². The number of carbonyl (C=O) groups excluding carboxylic acids is 4. The quantitative estimate of drug-likeness (QED) is 0.0872. The second-order valence-corrected chi connectivity index (χ2v) is 15.3. The van der Waals surface area contributed by atoms with Crippen LogP contribution in [0.4, 0.5) is 0 Å². The fourth-order valence-corrected chi connectivity index (χ4v) is 5.19. The van der Waals surface area contributed by atoms with E-state index in [-0.39, 0.29) is 75.7 Å². The molecule has 8 nitrogen and oxygen atoms in total. The van der Waals surface area contributed by atoms with Crippen LogP contribution in [0.1, 0.15) is 63.7 Å². The van der Waals surface area contributed by atoms with Crippen molar-refractivity contribution in [3.8, 4) is 45.0 Å². The first kappa shape index (κ1) is 67.3. The number of carbonyl (C=O) groups is 4. The number of aromatic nitrogens is 4. The van der Waals surface area contributed by atoms with Crippen molar-refractivity contribution in [2.24, 2.45) is 0 Å². The van der Waals surface area contributed by atoms with Gasteiger partial charge in [0.15, 0.2) is 0 Å². The molecule has 0 atom stereocenters. The van der Waals surface area contributed by atoms with Gasteiger partial charge in [0.05, 0.1) is 10.7 Å². The molecule has 0 radical (unpaired) electrons. The van der Waals surface area contributed by atoms with Crippen LogP contribution >= 0.6 is 46.4 Å². The monoisotopic (exact) mass is 1410 g/mol. The summed E-state index contributed by atoms with van der Waals surface area (Å²) < 4.78 is 0. The van der Waals surface area contributed by atoms with Crippen LogP contribution in [0.25, 0.3) is 45.0 Å². The molecular formula is C54H44Cl6Ir2N4O4. The molecule has 4 aromatic carbocycles. The van der Waals surface area contributed by atoms with Gasteiger partial charge in [0.2, 0.25) is 0 Å². The van der Waals surface area contributed by atoms with Crippen LogP contribution in [0.5, 0.6) is 0 Å². The Balaban J connectivity index is 0. The summed E-state index contributed by atoms with van der Waals surface area (Å²) in [5, 5.41) is 0.389. The number of rotatable bonds is 8. The maximum absolute atomic E-state index is 10.5. The zero-order valence-electron chi connectivity index (χ0n) is 37.9. The Morgan fingerprint density at radius 3 is 0.657 bits per heavy atom. The van der Waals surface area contributed by atoms with E-state index in [1.54, 1.807) is 48.5 Å². The number of hydrogen-bond acceptors (Lipinski definition) is 8. The average molecular weight is 1410 g/mol. The third-order valence-corrected chi connectivity index (χ3v) is 8.64. The van der Waals surface area contributed by atoms with Crippen LogP contribution in [0.15, 0.2) is 146 Å². The van der Waals surface area contributed by atoms with E-state index in [4.69, 9.17) is 46.4 Å². The molecule has 0 saturated carbocycles. The van der Waals surface area contributed by atoms with Crippen molar-refractivity contribution < 1.29 is 84.2 Å². The number of aryl methyl sites for hydroxylation is 4. The van der Waals surface area contributed by atoms with Crippen LogP contribution in [-0.4, -0.2) is 55.8 Å². The third kappa shape index (κ3) is 24.8. The van der Waals surface area contributed by atoms with E-state index in [0.29, 0.717) is 22.3 Å². The van der Waals surface area contributed by atoms with Crippen molar-refractivity contribution in [1.29, 1.82) is 0 Å². The van der Waals surface area contributed by atoms with Gasteiger partial charge in [-0.3, -0.25) is 0 Å². The number of halogens is 6. The first-order chi connectivity index (χ1) is 32.0. The predicted molar refractivity (Wildman–Crippen MR) is 268 cm³/mol. The van der Waals surface area contributed by atoms with Gasteiger partial charge in [-0.1, -0.05) is 70.8 Å². The first-order valence-corrected chi connectivity index (χ1v) is 22.0. The second-order valence-electron chi connectivity index (χ2n) is 13.7. The van der Waals surface area contributed by atoms with Gasteiger partial charge in [-0.25, -0.2) is 0 Å². The largest absolute Gasteiger partial charge is 3.00 e. The summed E-state index contributed by atoms with van der Waals surface area (Å²) in [6.45, 7) is 7.98. The van der Waals surface area contributed by atoms with Crippen molar-refractivity contribution >= 4 is 71.5 Å². The molecule has 0 unspecified atom stereocenters. The standard InChI is InChI=1S/4C13H10NO.2CH2Cl2.2ClH.2Ir/c4*1-10-2-7-13(14-8-10)12-5-3-11(9-15)4-6-12;2*2-1-3;;;;/h4*2-5,7-9H,1H3;2*1H2;2*1H;;/q4*-1;;;;;2*+3/p-2. The molecule has 0 spiro atoms. The van der Waals surface area contributed by atoms with E-state index in [9.17, 15) is 19.2 Å². The smallest absolute Gasteiger partial charge is 1.00 e. The Kier molecular flexibility index (Phi) is 37.4. The van der Waals surface area contributed by atoms with Gasteiger partial charge in [0, 0.05) is 24.8 Å². The molecule has 0 bridgehead atoms. The van der Waals surface area contributed by atoms with Crippen molar-refractivity contribution in [1.82, 2.24) is 19.9 Å². The molecule has 0 aliphatic heterocycles. The number of hydrogen-bond donors (Lipinski definition) is 0. The molecule has 364 valence electrons. The second kappa shape index (κ2) is 38.9. The summed E-state index contributed by atoms with van der Waals surface area (Å²) in [6, 6.07) is 49.1. The molecule has 4 heterocycles. The molecule has 16 heteroatoms. The average Bonchev–Trinajstić information content (AvgIpc) is 3.36. The van der Waals surface area contributed by atoms with Gasteiger partial charge < -0.3 is 63.9 Å². The minimum Gasteiger partial charge on any atom is -1.00 e. The third-order valence-electron chi connectivity index (χ3n) is 8.64. The molecule has 8 aromatic rings. The normalized spacial score (nSPS) is 9.03. The van der Waals surface area contributed by atoms with Gasteiger partial charge in [-0.2, -0.15) is 0 Å². The van der Waals surface area contributed by atoms with Crippen LogP contribution in [0, 0.1) is 52.0 Å². The van der Waals surface area contributed by atoms with E-state index >= 15 is 0 Å². The summed E-state index contributed by atoms with van der Waals surface area (Å²) in [7, 11) is 0. The maximum Gasteiger partial charge on any atom is 3.00 e. The summed E-state index contributed by atoms with van der Waals surface area (Å²) >= 11 is 19.1. The Hall–Kier alpha value is -4.80. The molecule has 0 fully saturated rings. The Morgan fingerprint density at radius 1 is 0.357 bits per heavy atom. The predicted octanol–water partition coefficient (Wildman–Crippen LogP) is 7.52. The van der Waals surface area contributed by atoms with Crippen LogP contribution in [0.2, 0.25) is 0 Å². The molecule has 0 amide bonds. The van der Waals surface area contributed by atoms with Gasteiger partial charge in [-0.05, 0) is 72.7 Å². The first-order valence-electron chi connectivity index (χ1n) is 19.8. The Morgan fingerprint density at radius 2 is 0.543 bits per heavy atom. The maximum atomic E-state index is 10.5. The fraction of sp³-hybridized carbons (Fsp3) is 0.111. The van der Waals surface area contributed by atoms with Crippen LogP contribution in [-0.2, 0) is 40.2 Å². The molecule has 0 saturated heterocycles. The van der Waals surface area contributed by atoms with E-state index in [1.165, 1.54) is 0 Å². The number of nitrogens with zero attached hydrogens (tertiary/aromatic N) is 4. The minimum atomic E-state index is 0. The van der Waals surface area contributed by atoms with Crippen molar-refractivity contribution in [3.63, 3.8) is 0 Å². The zero-order valence-corrected chi connectivity index (χ0v) is 47.3. The van der Waals surface area contributed by atoms with E-state index in [1.807, 2.05) is 125 Å². The van der Waals surface area contributed by atoms with Crippen molar-refractivity contribution in [2.45, 2.75) is 27.7 Å².